The van der Waals surface area contributed by atoms with E-state index in [-0.39, 0.29) is 0 Å². The van der Waals surface area contributed by atoms with Crippen molar-refractivity contribution in [2.45, 2.75) is 33.2 Å². The van der Waals surface area contributed by atoms with Crippen molar-refractivity contribution in [2.75, 3.05) is 26.3 Å². The lowest BCUT2D eigenvalue weighted by molar-refractivity contribution is 0.0346. The van der Waals surface area contributed by atoms with E-state index in [0.29, 0.717) is 0 Å². The monoisotopic (exact) mass is 253 g/mol. The molecule has 2 heterocycles. The highest BCUT2D eigenvalue weighted by atomic mass is 32.1. The van der Waals surface area contributed by atoms with Gasteiger partial charge in [-0.25, -0.2) is 0 Å². The molecule has 0 radical (unpaired) electrons. The first-order valence-corrected chi connectivity index (χ1v) is 7.43. The molecular weight excluding hydrogens is 230 g/mol. The van der Waals surface area contributed by atoms with Gasteiger partial charge in [-0.2, -0.15) is 0 Å². The number of morpholine rings is 1. The summed E-state index contributed by atoms with van der Waals surface area (Å²) in [6, 6.07) is 4.61. The van der Waals surface area contributed by atoms with Crippen molar-refractivity contribution < 1.29 is 4.74 Å². The number of aryl methyl sites for hydroxylation is 1. The Bertz CT molecular complexity index is 329. The third-order valence-corrected chi connectivity index (χ3v) is 4.30. The molecule has 0 N–H and O–H groups in total. The summed E-state index contributed by atoms with van der Waals surface area (Å²) < 4.78 is 5.37. The zero-order valence-electron chi connectivity index (χ0n) is 10.9. The molecule has 3 heteroatoms. The zero-order chi connectivity index (χ0) is 12.1. The van der Waals surface area contributed by atoms with E-state index in [2.05, 4.69) is 30.9 Å². The van der Waals surface area contributed by atoms with Gasteiger partial charge in [0, 0.05) is 29.4 Å². The molecule has 96 valence electrons. The van der Waals surface area contributed by atoms with E-state index >= 15 is 0 Å². The van der Waals surface area contributed by atoms with E-state index in [1.54, 1.807) is 4.88 Å². The Kier molecular flexibility index (Phi) is 5.01. The highest BCUT2D eigenvalue weighted by Crippen LogP contribution is 2.21. The van der Waals surface area contributed by atoms with Gasteiger partial charge in [-0.1, -0.05) is 13.8 Å². The van der Waals surface area contributed by atoms with Crippen molar-refractivity contribution in [3.05, 3.63) is 21.9 Å². The molecule has 0 bridgehead atoms. The molecule has 0 aliphatic carbocycles. The summed E-state index contributed by atoms with van der Waals surface area (Å²) in [6.07, 6.45) is 2.54. The lowest BCUT2D eigenvalue weighted by Gasteiger charge is -2.25. The number of rotatable bonds is 5. The van der Waals surface area contributed by atoms with Crippen molar-refractivity contribution in [1.82, 2.24) is 4.90 Å². The maximum absolute atomic E-state index is 5.37. The van der Waals surface area contributed by atoms with Crippen LogP contribution in [0, 0.1) is 5.92 Å². The molecular formula is C14H23NOS. The van der Waals surface area contributed by atoms with Crippen LogP contribution in [0.25, 0.3) is 0 Å². The Labute approximate surface area is 109 Å². The van der Waals surface area contributed by atoms with Gasteiger partial charge < -0.3 is 4.74 Å². The molecule has 0 unspecified atom stereocenters. The van der Waals surface area contributed by atoms with Crippen LogP contribution in [0.1, 0.15) is 30.0 Å². The second kappa shape index (κ2) is 6.53. The van der Waals surface area contributed by atoms with Crippen LogP contribution in [0.4, 0.5) is 0 Å². The number of hydrogen-bond acceptors (Lipinski definition) is 3. The maximum atomic E-state index is 5.37. The Balaban J connectivity index is 1.80. The minimum Gasteiger partial charge on any atom is -0.379 e. The fourth-order valence-electron chi connectivity index (χ4n) is 2.05. The minimum atomic E-state index is 0.805. The first-order chi connectivity index (χ1) is 8.24. The van der Waals surface area contributed by atoms with Gasteiger partial charge in [0.25, 0.3) is 0 Å². The van der Waals surface area contributed by atoms with Crippen LogP contribution in [0.2, 0.25) is 0 Å². The van der Waals surface area contributed by atoms with E-state index in [9.17, 15) is 0 Å². The third-order valence-electron chi connectivity index (χ3n) is 3.17. The van der Waals surface area contributed by atoms with Crippen molar-refractivity contribution in [2.24, 2.45) is 5.92 Å². The van der Waals surface area contributed by atoms with Gasteiger partial charge in [0.15, 0.2) is 0 Å². The Morgan fingerprint density at radius 2 is 1.94 bits per heavy atom. The van der Waals surface area contributed by atoms with Gasteiger partial charge in [-0.3, -0.25) is 4.90 Å². The summed E-state index contributed by atoms with van der Waals surface area (Å²) in [6.45, 7) is 9.65. The average Bonchev–Trinajstić information content (AvgIpc) is 2.75. The summed E-state index contributed by atoms with van der Waals surface area (Å²) >= 11 is 1.99. The normalized spacial score (nSPS) is 17.8. The molecule has 1 aromatic rings. The largest absolute Gasteiger partial charge is 0.379 e. The smallest absolute Gasteiger partial charge is 0.0594 e. The van der Waals surface area contributed by atoms with Crippen LogP contribution in [-0.2, 0) is 17.7 Å². The van der Waals surface area contributed by atoms with Gasteiger partial charge in [-0.05, 0) is 30.9 Å². The molecule has 17 heavy (non-hydrogen) atoms. The van der Waals surface area contributed by atoms with Gasteiger partial charge in [-0.15, -0.1) is 11.3 Å². The third kappa shape index (κ3) is 4.41. The fourth-order valence-corrected chi connectivity index (χ4v) is 3.13. The lowest BCUT2D eigenvalue weighted by atomic mass is 10.1. The Hall–Kier alpha value is -0.380. The van der Waals surface area contributed by atoms with Crippen molar-refractivity contribution in [3.8, 4) is 0 Å². The molecule has 1 aromatic heterocycles. The lowest BCUT2D eigenvalue weighted by Crippen LogP contribution is -2.35. The number of nitrogens with zero attached hydrogens (tertiary/aromatic N) is 1. The van der Waals surface area contributed by atoms with E-state index in [1.165, 1.54) is 17.7 Å². The second-order valence-corrected chi connectivity index (χ2v) is 6.44. The van der Waals surface area contributed by atoms with E-state index in [4.69, 9.17) is 4.74 Å². The molecule has 1 fully saturated rings. The number of hydrogen-bond donors (Lipinski definition) is 0. The highest BCUT2D eigenvalue weighted by molar-refractivity contribution is 7.11. The fraction of sp³-hybridized carbons (Fsp3) is 0.714. The standard InChI is InChI=1S/C14H23NOS/c1-12(2)3-4-13-5-6-14(17-13)11-15-7-9-16-10-8-15/h5-6,12H,3-4,7-11H2,1-2H3. The molecule has 1 aliphatic heterocycles. The van der Waals surface area contributed by atoms with E-state index < -0.39 is 0 Å². The quantitative estimate of drug-likeness (QED) is 0.799. The SMILES string of the molecule is CC(C)CCc1ccc(CN2CCOCC2)s1. The molecule has 0 aromatic carbocycles. The first kappa shape index (κ1) is 13.1. The topological polar surface area (TPSA) is 12.5 Å². The molecule has 0 saturated carbocycles. The van der Waals surface area contributed by atoms with Crippen molar-refractivity contribution >= 4 is 11.3 Å². The van der Waals surface area contributed by atoms with Crippen molar-refractivity contribution in [3.63, 3.8) is 0 Å². The molecule has 2 nitrogen and oxygen atoms in total. The molecule has 0 atom stereocenters. The first-order valence-electron chi connectivity index (χ1n) is 6.62. The van der Waals surface area contributed by atoms with Crippen molar-refractivity contribution in [1.29, 1.82) is 0 Å². The highest BCUT2D eigenvalue weighted by Gasteiger charge is 2.11. The molecule has 0 amide bonds. The zero-order valence-corrected chi connectivity index (χ0v) is 11.8. The predicted octanol–water partition coefficient (Wildman–Crippen LogP) is 3.17. The summed E-state index contributed by atoms with van der Waals surface area (Å²) in [5, 5.41) is 0. The van der Waals surface area contributed by atoms with E-state index in [1.807, 2.05) is 11.3 Å². The Morgan fingerprint density at radius 1 is 1.24 bits per heavy atom. The molecule has 0 spiro atoms. The summed E-state index contributed by atoms with van der Waals surface area (Å²) in [5.74, 6) is 0.805. The van der Waals surface area contributed by atoms with Crippen LogP contribution in [-0.4, -0.2) is 31.2 Å². The summed E-state index contributed by atoms with van der Waals surface area (Å²) in [5.41, 5.74) is 0. The van der Waals surface area contributed by atoms with Gasteiger partial charge in [0.05, 0.1) is 13.2 Å². The molecule has 2 rings (SSSR count). The van der Waals surface area contributed by atoms with Gasteiger partial charge >= 0.3 is 0 Å². The minimum absolute atomic E-state index is 0.805. The van der Waals surface area contributed by atoms with Crippen LogP contribution in [0.15, 0.2) is 12.1 Å². The van der Waals surface area contributed by atoms with Crippen LogP contribution in [0.5, 0.6) is 0 Å². The second-order valence-electron chi connectivity index (χ2n) is 5.19. The van der Waals surface area contributed by atoms with Crippen LogP contribution >= 0.6 is 11.3 Å². The number of thiophene rings is 1. The van der Waals surface area contributed by atoms with E-state index in [0.717, 1.165) is 38.8 Å². The van der Waals surface area contributed by atoms with Crippen LogP contribution < -0.4 is 0 Å². The summed E-state index contributed by atoms with van der Waals surface area (Å²) in [4.78, 5) is 5.54. The maximum Gasteiger partial charge on any atom is 0.0594 e. The number of ether oxygens (including phenoxy) is 1. The van der Waals surface area contributed by atoms with Crippen LogP contribution in [0.3, 0.4) is 0 Å². The van der Waals surface area contributed by atoms with Gasteiger partial charge in [0.2, 0.25) is 0 Å². The average molecular weight is 253 g/mol. The molecule has 1 saturated heterocycles. The summed E-state index contributed by atoms with van der Waals surface area (Å²) in [7, 11) is 0. The van der Waals surface area contributed by atoms with Gasteiger partial charge in [0.1, 0.15) is 0 Å². The predicted molar refractivity (Wildman–Crippen MR) is 73.6 cm³/mol. The Morgan fingerprint density at radius 3 is 2.65 bits per heavy atom. The molecule has 1 aliphatic rings.